The summed E-state index contributed by atoms with van der Waals surface area (Å²) in [4.78, 5) is 27.7. The lowest BCUT2D eigenvalue weighted by Gasteiger charge is -2.38. The highest BCUT2D eigenvalue weighted by atomic mass is 32.2. The molecule has 0 saturated heterocycles. The predicted molar refractivity (Wildman–Crippen MR) is 160 cm³/mol. The second kappa shape index (κ2) is 12.5. The Morgan fingerprint density at radius 2 is 1.88 bits per heavy atom. The van der Waals surface area contributed by atoms with E-state index in [-0.39, 0.29) is 28.8 Å². The second-order valence-corrected chi connectivity index (χ2v) is 11.5. The van der Waals surface area contributed by atoms with Gasteiger partial charge in [0.2, 0.25) is 11.0 Å². The van der Waals surface area contributed by atoms with Gasteiger partial charge in [0.25, 0.3) is 0 Å². The molecule has 1 amide bonds. The van der Waals surface area contributed by atoms with Gasteiger partial charge in [-0.2, -0.15) is 5.26 Å². The highest BCUT2D eigenvalue weighted by molar-refractivity contribution is 8.01. The maximum Gasteiger partial charge on any atom is 0.234 e. The van der Waals surface area contributed by atoms with Crippen LogP contribution >= 0.6 is 23.1 Å². The van der Waals surface area contributed by atoms with Crippen molar-refractivity contribution < 1.29 is 23.8 Å². The topological polar surface area (TPSA) is 153 Å². The summed E-state index contributed by atoms with van der Waals surface area (Å²) in [7, 11) is 4.63. The largest absolute Gasteiger partial charge is 0.497 e. The molecule has 1 aliphatic heterocycles. The lowest BCUT2D eigenvalue weighted by Crippen LogP contribution is -2.38. The van der Waals surface area contributed by atoms with E-state index in [1.54, 1.807) is 36.3 Å². The van der Waals surface area contributed by atoms with Crippen LogP contribution in [0.3, 0.4) is 0 Å². The van der Waals surface area contributed by atoms with E-state index in [9.17, 15) is 14.9 Å². The first-order valence-corrected chi connectivity index (χ1v) is 14.8. The summed E-state index contributed by atoms with van der Waals surface area (Å²) < 4.78 is 16.6. The minimum Gasteiger partial charge on any atom is -0.497 e. The van der Waals surface area contributed by atoms with E-state index in [0.717, 1.165) is 0 Å². The fraction of sp³-hybridized carbons (Fsp3) is 0.276. The number of rotatable bonds is 9. The van der Waals surface area contributed by atoms with Gasteiger partial charge in [0, 0.05) is 47.1 Å². The minimum atomic E-state index is -0.647. The van der Waals surface area contributed by atoms with Gasteiger partial charge in [-0.15, -0.1) is 10.2 Å². The summed E-state index contributed by atoms with van der Waals surface area (Å²) in [6.45, 7) is 0. The van der Waals surface area contributed by atoms with E-state index in [1.807, 2.05) is 18.2 Å². The SMILES string of the molecule is COc1cc(NC(=O)CSc2nnc(N3C(N)=C(C#N)C(c4ccccc4OC)C4=C3CCCC4=O)s2)cc(OC)c1. The molecule has 3 aromatic rings. The van der Waals surface area contributed by atoms with Crippen LogP contribution in [0.15, 0.2) is 69.5 Å². The molecule has 11 nitrogen and oxygen atoms in total. The highest BCUT2D eigenvalue weighted by Crippen LogP contribution is 2.48. The number of ether oxygens (including phenoxy) is 3. The summed E-state index contributed by atoms with van der Waals surface area (Å²) in [5.74, 6) is 1.01. The molecule has 0 bridgehead atoms. The number of para-hydroxylation sites is 1. The number of Topliss-reactive ketones (excluding diaryl/α,β-unsaturated/α-hetero) is 1. The minimum absolute atomic E-state index is 0.0395. The lowest BCUT2D eigenvalue weighted by molar-refractivity contribution is -0.116. The van der Waals surface area contributed by atoms with Gasteiger partial charge in [-0.3, -0.25) is 14.5 Å². The molecule has 1 aliphatic carbocycles. The van der Waals surface area contributed by atoms with Crippen molar-refractivity contribution in [1.82, 2.24) is 10.2 Å². The van der Waals surface area contributed by atoms with Gasteiger partial charge in [-0.1, -0.05) is 41.3 Å². The molecule has 216 valence electrons. The first kappa shape index (κ1) is 29.0. The second-order valence-electron chi connectivity index (χ2n) is 9.35. The van der Waals surface area contributed by atoms with E-state index in [2.05, 4.69) is 21.6 Å². The number of nitrogens with two attached hydrogens (primary N) is 1. The van der Waals surface area contributed by atoms with Gasteiger partial charge in [0.15, 0.2) is 10.1 Å². The fourth-order valence-electron chi connectivity index (χ4n) is 5.08. The molecule has 0 saturated carbocycles. The van der Waals surface area contributed by atoms with Gasteiger partial charge in [0.1, 0.15) is 23.1 Å². The first-order chi connectivity index (χ1) is 20.4. The average Bonchev–Trinajstić information content (AvgIpc) is 3.47. The van der Waals surface area contributed by atoms with Crippen LogP contribution in [0.5, 0.6) is 17.2 Å². The number of allylic oxidation sites excluding steroid dienone is 3. The number of methoxy groups -OCH3 is 3. The average molecular weight is 605 g/mol. The molecule has 5 rings (SSSR count). The lowest BCUT2D eigenvalue weighted by atomic mass is 9.75. The van der Waals surface area contributed by atoms with E-state index < -0.39 is 5.92 Å². The number of aromatic nitrogens is 2. The molecular weight excluding hydrogens is 576 g/mol. The van der Waals surface area contributed by atoms with Crippen LogP contribution in [0.4, 0.5) is 10.8 Å². The Morgan fingerprint density at radius 1 is 1.14 bits per heavy atom. The van der Waals surface area contributed by atoms with Crippen molar-refractivity contribution >= 4 is 45.6 Å². The fourth-order valence-corrected chi connectivity index (χ4v) is 6.76. The number of hydrogen-bond donors (Lipinski definition) is 2. The van der Waals surface area contributed by atoms with E-state index >= 15 is 0 Å². The standard InChI is InChI=1S/C29H28N6O5S2/c1-38-17-11-16(12-18(13-17)39-2)32-24(37)15-41-29-34-33-28(42-29)35-21-8-6-9-22(36)26(21)25(20(14-30)27(35)31)19-7-4-5-10-23(19)40-3/h4-5,7,10-13,25H,6,8-9,15,31H2,1-3H3,(H,32,37). The van der Waals surface area contributed by atoms with Crippen LogP contribution in [0.1, 0.15) is 30.7 Å². The monoisotopic (exact) mass is 604 g/mol. The maximum atomic E-state index is 13.4. The Hall–Kier alpha value is -4.54. The van der Waals surface area contributed by atoms with Crippen molar-refractivity contribution in [2.24, 2.45) is 5.73 Å². The number of ketones is 1. The summed E-state index contributed by atoms with van der Waals surface area (Å²) in [5, 5.41) is 22.1. The van der Waals surface area contributed by atoms with Crippen molar-refractivity contribution in [3.05, 3.63) is 70.7 Å². The predicted octanol–water partition coefficient (Wildman–Crippen LogP) is 4.60. The molecule has 3 N–H and O–H groups in total. The van der Waals surface area contributed by atoms with Crippen molar-refractivity contribution in [2.45, 2.75) is 29.5 Å². The van der Waals surface area contributed by atoms with E-state index in [0.29, 0.717) is 68.5 Å². The van der Waals surface area contributed by atoms with Crippen LogP contribution in [0.25, 0.3) is 0 Å². The molecular formula is C29H28N6O5S2. The van der Waals surface area contributed by atoms with Gasteiger partial charge in [-0.25, -0.2) is 0 Å². The third-order valence-corrected chi connectivity index (χ3v) is 8.95. The molecule has 1 atom stereocenters. The molecule has 13 heteroatoms. The molecule has 1 aromatic heterocycles. The molecule has 0 radical (unpaired) electrons. The zero-order valence-corrected chi connectivity index (χ0v) is 24.8. The third-order valence-electron chi connectivity index (χ3n) is 6.91. The Balaban J connectivity index is 1.40. The smallest absolute Gasteiger partial charge is 0.234 e. The number of anilines is 2. The van der Waals surface area contributed by atoms with Crippen LogP contribution in [-0.2, 0) is 9.59 Å². The molecule has 2 aromatic carbocycles. The number of benzene rings is 2. The van der Waals surface area contributed by atoms with Crippen molar-refractivity contribution in [3.8, 4) is 23.3 Å². The zero-order chi connectivity index (χ0) is 29.8. The summed E-state index contributed by atoms with van der Waals surface area (Å²) in [6, 6.07) is 14.7. The van der Waals surface area contributed by atoms with Crippen LogP contribution < -0.4 is 30.2 Å². The Morgan fingerprint density at radius 3 is 2.57 bits per heavy atom. The number of nitrogens with one attached hydrogen (secondary N) is 1. The first-order valence-electron chi connectivity index (χ1n) is 13.0. The van der Waals surface area contributed by atoms with Gasteiger partial charge in [-0.05, 0) is 18.9 Å². The normalized spacial score (nSPS) is 16.6. The quantitative estimate of drug-likeness (QED) is 0.330. The summed E-state index contributed by atoms with van der Waals surface area (Å²) in [5.41, 5.74) is 9.36. The van der Waals surface area contributed by atoms with Gasteiger partial charge < -0.3 is 25.3 Å². The zero-order valence-electron chi connectivity index (χ0n) is 23.2. The van der Waals surface area contributed by atoms with E-state index in [1.165, 1.54) is 37.3 Å². The van der Waals surface area contributed by atoms with Crippen molar-refractivity contribution in [3.63, 3.8) is 0 Å². The Bertz CT molecular complexity index is 1620. The number of hydrogen-bond acceptors (Lipinski definition) is 12. The summed E-state index contributed by atoms with van der Waals surface area (Å²) >= 11 is 2.45. The third kappa shape index (κ3) is 5.63. The molecule has 2 heterocycles. The van der Waals surface area contributed by atoms with Gasteiger partial charge >= 0.3 is 0 Å². The maximum absolute atomic E-state index is 13.4. The number of carbonyl (C=O) groups is 2. The molecule has 0 spiro atoms. The molecule has 2 aliphatic rings. The number of nitriles is 1. The molecule has 1 unspecified atom stereocenters. The Kier molecular flexibility index (Phi) is 8.65. The summed E-state index contributed by atoms with van der Waals surface area (Å²) in [6.07, 6.45) is 1.61. The number of carbonyl (C=O) groups excluding carboxylic acids is 2. The number of amides is 1. The molecule has 0 fully saturated rings. The van der Waals surface area contributed by atoms with Crippen LogP contribution in [-0.4, -0.2) is 49.0 Å². The number of thioether (sulfide) groups is 1. The Labute approximate surface area is 251 Å². The van der Waals surface area contributed by atoms with Crippen molar-refractivity contribution in [2.75, 3.05) is 37.3 Å². The van der Waals surface area contributed by atoms with E-state index in [4.69, 9.17) is 19.9 Å². The van der Waals surface area contributed by atoms with Gasteiger partial charge in [0.05, 0.1) is 44.6 Å². The van der Waals surface area contributed by atoms with Crippen LogP contribution in [0, 0.1) is 11.3 Å². The highest BCUT2D eigenvalue weighted by Gasteiger charge is 2.42. The molecule has 42 heavy (non-hydrogen) atoms. The number of nitrogens with zero attached hydrogens (tertiary/aromatic N) is 4. The van der Waals surface area contributed by atoms with Crippen LogP contribution in [0.2, 0.25) is 0 Å². The van der Waals surface area contributed by atoms with Crippen molar-refractivity contribution in [1.29, 1.82) is 5.26 Å².